The van der Waals surface area contributed by atoms with E-state index in [1.807, 2.05) is 51.1 Å². The summed E-state index contributed by atoms with van der Waals surface area (Å²) < 4.78 is 41.5. The molecule has 0 N–H and O–H groups in total. The predicted molar refractivity (Wildman–Crippen MR) is 119 cm³/mol. The average molecular weight is 447 g/mol. The lowest BCUT2D eigenvalue weighted by molar-refractivity contribution is -0.137. The van der Waals surface area contributed by atoms with Crippen LogP contribution in [0.25, 0.3) is 0 Å². The fourth-order valence-electron chi connectivity index (χ4n) is 2.74. The summed E-state index contributed by atoms with van der Waals surface area (Å²) in [5.41, 5.74) is 1.16. The molecule has 1 atom stereocenters. The molecule has 0 bridgehead atoms. The van der Waals surface area contributed by atoms with Gasteiger partial charge in [0.1, 0.15) is 0 Å². The van der Waals surface area contributed by atoms with Crippen LogP contribution in [-0.2, 0) is 35.2 Å². The second-order valence-corrected chi connectivity index (χ2v) is 9.46. The largest absolute Gasteiger partial charge is 0.463 e. The zero-order valence-electron chi connectivity index (χ0n) is 18.4. The molecule has 7 heteroatoms. The number of esters is 1. The Balaban J connectivity index is 2.14. The zero-order chi connectivity index (χ0) is 22.9. The second kappa shape index (κ2) is 11.2. The molecular weight excluding hydrogens is 416 g/mol. The highest BCUT2D eigenvalue weighted by molar-refractivity contribution is 7.86. The molecule has 0 saturated carbocycles. The molecule has 0 aliphatic carbocycles. The Bertz CT molecular complexity index is 963. The topological polar surface area (TPSA) is 78.9 Å². The summed E-state index contributed by atoms with van der Waals surface area (Å²) >= 11 is 0. The smallest absolute Gasteiger partial charge is 0.330 e. The lowest BCUT2D eigenvalue weighted by atomic mass is 9.87. The third-order valence-electron chi connectivity index (χ3n) is 4.63. The van der Waals surface area contributed by atoms with Crippen molar-refractivity contribution in [1.29, 1.82) is 0 Å². The molecule has 168 valence electrons. The van der Waals surface area contributed by atoms with Gasteiger partial charge in [0.25, 0.3) is 10.1 Å². The number of hydrogen-bond acceptors (Lipinski definition) is 6. The summed E-state index contributed by atoms with van der Waals surface area (Å²) in [4.78, 5) is 11.9. The highest BCUT2D eigenvalue weighted by Crippen LogP contribution is 2.28. The molecule has 31 heavy (non-hydrogen) atoms. The van der Waals surface area contributed by atoms with E-state index in [-0.39, 0.29) is 18.1 Å². The third-order valence-corrected chi connectivity index (χ3v) is 5.91. The average Bonchev–Trinajstić information content (AvgIpc) is 2.73. The normalized spacial score (nSPS) is 13.3. The molecule has 0 aliphatic rings. The van der Waals surface area contributed by atoms with E-state index in [0.717, 1.165) is 11.1 Å². The van der Waals surface area contributed by atoms with Gasteiger partial charge < -0.3 is 9.47 Å². The lowest BCUT2D eigenvalue weighted by Gasteiger charge is -2.31. The molecule has 2 aromatic carbocycles. The molecule has 6 nitrogen and oxygen atoms in total. The Morgan fingerprint density at radius 2 is 1.71 bits per heavy atom. The van der Waals surface area contributed by atoms with Crippen LogP contribution in [0, 0.1) is 12.3 Å². The van der Waals surface area contributed by atoms with Crippen molar-refractivity contribution in [2.75, 3.05) is 13.2 Å². The van der Waals surface area contributed by atoms with Gasteiger partial charge in [0.2, 0.25) is 0 Å². The maximum absolute atomic E-state index is 12.6. The van der Waals surface area contributed by atoms with Crippen molar-refractivity contribution >= 4 is 16.1 Å². The first-order valence-corrected chi connectivity index (χ1v) is 11.5. The van der Waals surface area contributed by atoms with E-state index in [4.69, 9.17) is 13.7 Å². The predicted octanol–water partition coefficient (Wildman–Crippen LogP) is 4.43. The van der Waals surface area contributed by atoms with Gasteiger partial charge in [-0.05, 0) is 37.6 Å². The van der Waals surface area contributed by atoms with Gasteiger partial charge in [-0.2, -0.15) is 8.42 Å². The van der Waals surface area contributed by atoms with E-state index < -0.39 is 27.6 Å². The minimum atomic E-state index is -3.92. The van der Waals surface area contributed by atoms with Gasteiger partial charge in [-0.1, -0.05) is 61.9 Å². The molecule has 0 fully saturated rings. The van der Waals surface area contributed by atoms with Crippen LogP contribution in [0.4, 0.5) is 0 Å². The van der Waals surface area contributed by atoms with Crippen LogP contribution < -0.4 is 0 Å². The van der Waals surface area contributed by atoms with Crippen LogP contribution >= 0.6 is 0 Å². The summed E-state index contributed by atoms with van der Waals surface area (Å²) in [5.74, 6) is -0.486. The molecule has 0 saturated heterocycles. The first kappa shape index (κ1) is 24.8. The van der Waals surface area contributed by atoms with Crippen LogP contribution in [0.5, 0.6) is 0 Å². The lowest BCUT2D eigenvalue weighted by Crippen LogP contribution is -2.36. The summed E-state index contributed by atoms with van der Waals surface area (Å²) in [6, 6.07) is 16.0. The van der Waals surface area contributed by atoms with Crippen molar-refractivity contribution in [2.45, 2.75) is 45.3 Å². The maximum atomic E-state index is 12.6. The van der Waals surface area contributed by atoms with E-state index in [0.29, 0.717) is 6.61 Å². The van der Waals surface area contributed by atoms with Gasteiger partial charge in [-0.25, -0.2) is 4.79 Å². The first-order chi connectivity index (χ1) is 14.6. The summed E-state index contributed by atoms with van der Waals surface area (Å²) in [6.45, 7) is 7.68. The Morgan fingerprint density at radius 1 is 1.06 bits per heavy atom. The quantitative estimate of drug-likeness (QED) is 0.289. The van der Waals surface area contributed by atoms with E-state index in [1.165, 1.54) is 18.2 Å². The van der Waals surface area contributed by atoms with Crippen molar-refractivity contribution in [3.8, 4) is 0 Å². The molecule has 0 aliphatic heterocycles. The van der Waals surface area contributed by atoms with Crippen LogP contribution in [0.1, 0.15) is 31.9 Å². The zero-order valence-corrected chi connectivity index (χ0v) is 19.2. The number of carbonyl (C=O) groups is 1. The summed E-state index contributed by atoms with van der Waals surface area (Å²) in [7, 11) is -3.92. The fraction of sp³-hybridized carbons (Fsp3) is 0.375. The van der Waals surface area contributed by atoms with E-state index in [1.54, 1.807) is 25.1 Å². The molecule has 0 heterocycles. The van der Waals surface area contributed by atoms with Crippen LogP contribution in [0.2, 0.25) is 0 Å². The van der Waals surface area contributed by atoms with Crippen molar-refractivity contribution in [3.63, 3.8) is 0 Å². The van der Waals surface area contributed by atoms with Gasteiger partial charge in [-0.15, -0.1) is 0 Å². The SMILES string of the molecule is CCOC(=O)/C=C/[C@H](OCc1ccccc1)C(C)(C)COS(=O)(=O)c1ccc(C)cc1. The van der Waals surface area contributed by atoms with Crippen molar-refractivity contribution in [2.24, 2.45) is 5.41 Å². The number of benzene rings is 2. The summed E-state index contributed by atoms with van der Waals surface area (Å²) in [6.07, 6.45) is 2.29. The molecule has 2 rings (SSSR count). The third kappa shape index (κ3) is 7.94. The van der Waals surface area contributed by atoms with Crippen LogP contribution in [-0.4, -0.2) is 33.7 Å². The van der Waals surface area contributed by atoms with Gasteiger partial charge in [0, 0.05) is 11.5 Å². The van der Waals surface area contributed by atoms with E-state index in [2.05, 4.69) is 0 Å². The monoisotopic (exact) mass is 446 g/mol. The van der Waals surface area contributed by atoms with Crippen LogP contribution in [0.15, 0.2) is 71.6 Å². The minimum Gasteiger partial charge on any atom is -0.463 e. The van der Waals surface area contributed by atoms with Gasteiger partial charge in [0.15, 0.2) is 0 Å². The molecule has 0 amide bonds. The number of carbonyl (C=O) groups excluding carboxylic acids is 1. The van der Waals surface area contributed by atoms with E-state index in [9.17, 15) is 13.2 Å². The fourth-order valence-corrected chi connectivity index (χ4v) is 3.81. The number of hydrogen-bond donors (Lipinski definition) is 0. The minimum absolute atomic E-state index is 0.0951. The Kier molecular flexibility index (Phi) is 8.98. The molecule has 0 radical (unpaired) electrons. The number of ether oxygens (including phenoxy) is 2. The van der Waals surface area contributed by atoms with Gasteiger partial charge >= 0.3 is 5.97 Å². The molecule has 2 aromatic rings. The Labute approximate surface area is 185 Å². The standard InChI is InChI=1S/C24H30O6S/c1-5-28-23(25)16-15-22(29-17-20-9-7-6-8-10-20)24(3,4)18-30-31(26,27)21-13-11-19(2)12-14-21/h6-16,22H,5,17-18H2,1-4H3/b16-15+/t22-/m0/s1. The second-order valence-electron chi connectivity index (χ2n) is 7.85. The first-order valence-electron chi connectivity index (χ1n) is 10.1. The Morgan fingerprint density at radius 3 is 2.32 bits per heavy atom. The maximum Gasteiger partial charge on any atom is 0.330 e. The number of aryl methyl sites for hydroxylation is 1. The molecule has 0 aromatic heterocycles. The Hall–Kier alpha value is -2.48. The van der Waals surface area contributed by atoms with Crippen molar-refractivity contribution < 1.29 is 26.9 Å². The van der Waals surface area contributed by atoms with E-state index >= 15 is 0 Å². The van der Waals surface area contributed by atoms with Gasteiger partial charge in [0.05, 0.1) is 30.8 Å². The van der Waals surface area contributed by atoms with Crippen molar-refractivity contribution in [3.05, 3.63) is 77.9 Å². The van der Waals surface area contributed by atoms with Crippen LogP contribution in [0.3, 0.4) is 0 Å². The summed E-state index contributed by atoms with van der Waals surface area (Å²) in [5, 5.41) is 0. The number of rotatable bonds is 11. The molecule has 0 spiro atoms. The molecule has 0 unspecified atom stereocenters. The molecular formula is C24H30O6S. The van der Waals surface area contributed by atoms with Gasteiger partial charge in [-0.3, -0.25) is 4.18 Å². The van der Waals surface area contributed by atoms with Crippen molar-refractivity contribution in [1.82, 2.24) is 0 Å². The highest BCUT2D eigenvalue weighted by Gasteiger charge is 2.32. The highest BCUT2D eigenvalue weighted by atomic mass is 32.2.